The minimum Gasteiger partial charge on any atom is -0.494 e. The molecule has 0 bridgehead atoms. The summed E-state index contributed by atoms with van der Waals surface area (Å²) < 4.78 is 17.3. The van der Waals surface area contributed by atoms with E-state index in [0.29, 0.717) is 30.1 Å². The third-order valence-corrected chi connectivity index (χ3v) is 11.8. The fourth-order valence-electron chi connectivity index (χ4n) is 8.43. The Morgan fingerprint density at radius 3 is 1.71 bits per heavy atom. The van der Waals surface area contributed by atoms with Gasteiger partial charge in [0.25, 0.3) is 0 Å². The van der Waals surface area contributed by atoms with E-state index in [-0.39, 0.29) is 17.4 Å². The molecule has 0 saturated heterocycles. The highest BCUT2D eigenvalue weighted by atomic mass is 16.5. The molecule has 5 rings (SSSR count). The summed E-state index contributed by atoms with van der Waals surface area (Å²) >= 11 is 0. The molecule has 310 valence electrons. The number of carbonyl (C=O) groups is 2. The molecule has 58 heavy (non-hydrogen) atoms. The average Bonchev–Trinajstić information content (AvgIpc) is 3.49. The first kappa shape index (κ1) is 44.5. The van der Waals surface area contributed by atoms with Crippen LogP contribution in [0, 0.1) is 6.92 Å². The zero-order valence-corrected chi connectivity index (χ0v) is 36.0. The monoisotopic (exact) mass is 785 g/mol. The lowest BCUT2D eigenvalue weighted by atomic mass is 9.70. The lowest BCUT2D eigenvalue weighted by Gasteiger charge is -2.33. The first-order valence-corrected chi connectivity index (χ1v) is 22.4. The predicted octanol–water partition coefficient (Wildman–Crippen LogP) is 14.7. The van der Waals surface area contributed by atoms with Crippen LogP contribution in [0.15, 0.2) is 97.1 Å². The van der Waals surface area contributed by atoms with Crippen molar-refractivity contribution in [3.05, 3.63) is 119 Å². The van der Waals surface area contributed by atoms with Gasteiger partial charge in [0.15, 0.2) is 0 Å². The Morgan fingerprint density at radius 1 is 0.569 bits per heavy atom. The maximum atomic E-state index is 13.6. The Hall–Kier alpha value is -4.64. The number of benzene rings is 4. The molecular formula is C53H68O5. The molecule has 0 fully saturated rings. The molecule has 5 heteroatoms. The van der Waals surface area contributed by atoms with Gasteiger partial charge < -0.3 is 14.2 Å². The third-order valence-electron chi connectivity index (χ3n) is 11.8. The first-order chi connectivity index (χ1) is 28.3. The zero-order chi connectivity index (χ0) is 41.2. The zero-order valence-electron chi connectivity index (χ0n) is 36.0. The second-order valence-electron chi connectivity index (χ2n) is 16.5. The van der Waals surface area contributed by atoms with E-state index in [1.165, 1.54) is 116 Å². The summed E-state index contributed by atoms with van der Waals surface area (Å²) in [4.78, 5) is 25.1. The molecule has 0 aliphatic heterocycles. The summed E-state index contributed by atoms with van der Waals surface area (Å²) in [6, 6.07) is 29.6. The number of esters is 2. The van der Waals surface area contributed by atoms with E-state index in [9.17, 15) is 9.59 Å². The van der Waals surface area contributed by atoms with Crippen molar-refractivity contribution in [2.45, 2.75) is 149 Å². The lowest BCUT2D eigenvalue weighted by Crippen LogP contribution is -2.26. The molecule has 4 aromatic rings. The van der Waals surface area contributed by atoms with Crippen LogP contribution in [0.1, 0.15) is 163 Å². The van der Waals surface area contributed by atoms with Crippen molar-refractivity contribution in [3.8, 4) is 33.8 Å². The molecule has 0 radical (unpaired) electrons. The van der Waals surface area contributed by atoms with E-state index in [1.54, 1.807) is 19.1 Å². The molecule has 0 saturated carbocycles. The normalized spacial score (nSPS) is 12.5. The van der Waals surface area contributed by atoms with Crippen LogP contribution < -0.4 is 9.47 Å². The molecule has 0 N–H and O–H groups in total. The van der Waals surface area contributed by atoms with Crippen molar-refractivity contribution >= 4 is 11.9 Å². The van der Waals surface area contributed by atoms with Gasteiger partial charge in [-0.05, 0) is 128 Å². The van der Waals surface area contributed by atoms with Crippen LogP contribution in [0.3, 0.4) is 0 Å². The molecule has 0 amide bonds. The number of carbonyl (C=O) groups excluding carboxylic acids is 2. The SMILES string of the molecule is C=C(C)C(=O)OCCCCCCOc1ccc(C(=O)Oc2ccc3c(c2)C(CCCCCCCC)(CCCCCCCC)c2cc(-c4ccc(C)cc4)ccc2-3)cc1. The molecule has 0 unspecified atom stereocenters. The molecule has 1 aliphatic carbocycles. The van der Waals surface area contributed by atoms with Gasteiger partial charge in [0.05, 0.1) is 18.8 Å². The molecule has 4 aromatic carbocycles. The van der Waals surface area contributed by atoms with E-state index >= 15 is 0 Å². The summed E-state index contributed by atoms with van der Waals surface area (Å²) in [5, 5.41) is 0. The highest BCUT2D eigenvalue weighted by Gasteiger charge is 2.43. The summed E-state index contributed by atoms with van der Waals surface area (Å²) in [5.41, 5.74) is 9.90. The van der Waals surface area contributed by atoms with E-state index in [0.717, 1.165) is 44.3 Å². The van der Waals surface area contributed by atoms with E-state index in [1.807, 2.05) is 18.2 Å². The van der Waals surface area contributed by atoms with Crippen LogP contribution in [-0.2, 0) is 14.9 Å². The fourth-order valence-corrected chi connectivity index (χ4v) is 8.43. The van der Waals surface area contributed by atoms with Crippen LogP contribution in [0.5, 0.6) is 11.5 Å². The Kier molecular flexibility index (Phi) is 17.7. The molecule has 5 nitrogen and oxygen atoms in total. The van der Waals surface area contributed by atoms with Gasteiger partial charge in [-0.3, -0.25) is 0 Å². The van der Waals surface area contributed by atoms with Gasteiger partial charge in [0.2, 0.25) is 0 Å². The third kappa shape index (κ3) is 12.4. The fraction of sp³-hybridized carbons (Fsp3) is 0.472. The number of ether oxygens (including phenoxy) is 3. The van der Waals surface area contributed by atoms with Crippen molar-refractivity contribution in [1.29, 1.82) is 0 Å². The van der Waals surface area contributed by atoms with Gasteiger partial charge in [-0.25, -0.2) is 9.59 Å². The van der Waals surface area contributed by atoms with Crippen LogP contribution in [0.4, 0.5) is 0 Å². The Balaban J connectivity index is 1.31. The maximum absolute atomic E-state index is 13.6. The number of hydrogen-bond donors (Lipinski definition) is 0. The van der Waals surface area contributed by atoms with E-state index < -0.39 is 0 Å². The van der Waals surface area contributed by atoms with Gasteiger partial charge in [-0.15, -0.1) is 0 Å². The Labute approximate surface area is 349 Å². The van der Waals surface area contributed by atoms with E-state index in [2.05, 4.69) is 81.9 Å². The summed E-state index contributed by atoms with van der Waals surface area (Å²) in [6.07, 6.45) is 21.0. The van der Waals surface area contributed by atoms with Crippen molar-refractivity contribution in [2.24, 2.45) is 0 Å². The smallest absolute Gasteiger partial charge is 0.343 e. The highest BCUT2D eigenvalue weighted by Crippen LogP contribution is 2.56. The Morgan fingerprint density at radius 2 is 1.09 bits per heavy atom. The largest absolute Gasteiger partial charge is 0.494 e. The van der Waals surface area contributed by atoms with Crippen molar-refractivity contribution in [3.63, 3.8) is 0 Å². The van der Waals surface area contributed by atoms with Crippen molar-refractivity contribution < 1.29 is 23.8 Å². The van der Waals surface area contributed by atoms with Crippen LogP contribution in [0.25, 0.3) is 22.3 Å². The van der Waals surface area contributed by atoms with Crippen LogP contribution in [-0.4, -0.2) is 25.2 Å². The van der Waals surface area contributed by atoms with Gasteiger partial charge >= 0.3 is 11.9 Å². The molecular weight excluding hydrogens is 717 g/mol. The second-order valence-corrected chi connectivity index (χ2v) is 16.5. The standard InChI is InChI=1S/C53H68O5/c1-6-8-10-12-14-18-34-53(35-19-15-13-11-9-7-2)49-38-44(42-24-22-41(5)23-25-42)28-32-47(49)48-33-31-46(39-50(48)53)58-52(55)43-26-29-45(30-27-43)56-36-20-16-17-21-37-57-51(54)40(3)4/h22-33,38-39H,3,6-21,34-37H2,1-2,4-5H3. The Bertz CT molecular complexity index is 1890. The average molecular weight is 785 g/mol. The number of hydrogen-bond acceptors (Lipinski definition) is 5. The lowest BCUT2D eigenvalue weighted by molar-refractivity contribution is -0.139. The van der Waals surface area contributed by atoms with Crippen LogP contribution >= 0.6 is 0 Å². The van der Waals surface area contributed by atoms with Crippen LogP contribution in [0.2, 0.25) is 0 Å². The minimum absolute atomic E-state index is 0.139. The molecule has 0 atom stereocenters. The van der Waals surface area contributed by atoms with Crippen molar-refractivity contribution in [2.75, 3.05) is 13.2 Å². The molecule has 0 aromatic heterocycles. The summed E-state index contributed by atoms with van der Waals surface area (Å²) in [6.45, 7) is 13.0. The molecule has 0 heterocycles. The van der Waals surface area contributed by atoms with Crippen molar-refractivity contribution in [1.82, 2.24) is 0 Å². The van der Waals surface area contributed by atoms with Gasteiger partial charge in [-0.2, -0.15) is 0 Å². The molecule has 0 spiro atoms. The number of unbranched alkanes of at least 4 members (excludes halogenated alkanes) is 13. The number of aryl methyl sites for hydroxylation is 1. The quantitative estimate of drug-likeness (QED) is 0.0275. The number of rotatable bonds is 26. The minimum atomic E-state index is -0.367. The van der Waals surface area contributed by atoms with Gasteiger partial charge in [0.1, 0.15) is 11.5 Å². The second kappa shape index (κ2) is 23.1. The van der Waals surface area contributed by atoms with E-state index in [4.69, 9.17) is 14.2 Å². The highest BCUT2D eigenvalue weighted by molar-refractivity contribution is 5.92. The molecule has 1 aliphatic rings. The predicted molar refractivity (Wildman–Crippen MR) is 240 cm³/mol. The van der Waals surface area contributed by atoms with Gasteiger partial charge in [-0.1, -0.05) is 146 Å². The first-order valence-electron chi connectivity index (χ1n) is 22.4. The summed E-state index contributed by atoms with van der Waals surface area (Å²) in [5.74, 6) is 0.622. The maximum Gasteiger partial charge on any atom is 0.343 e. The summed E-state index contributed by atoms with van der Waals surface area (Å²) in [7, 11) is 0. The topological polar surface area (TPSA) is 61.8 Å². The number of fused-ring (bicyclic) bond motifs is 3. The van der Waals surface area contributed by atoms with Gasteiger partial charge in [0, 0.05) is 11.0 Å².